The van der Waals surface area contributed by atoms with Crippen LogP contribution in [0.1, 0.15) is 28.8 Å². The third kappa shape index (κ3) is 3.74. The van der Waals surface area contributed by atoms with E-state index >= 15 is 0 Å². The van der Waals surface area contributed by atoms with Crippen LogP contribution in [-0.4, -0.2) is 34.9 Å². The number of halogens is 1. The van der Waals surface area contributed by atoms with E-state index in [-0.39, 0.29) is 12.0 Å². The molecule has 1 aliphatic heterocycles. The van der Waals surface area contributed by atoms with Crippen LogP contribution >= 0.6 is 11.6 Å². The molecule has 1 saturated heterocycles. The summed E-state index contributed by atoms with van der Waals surface area (Å²) in [6.07, 6.45) is 4.02. The molecule has 134 valence electrons. The number of benzene rings is 2. The minimum absolute atomic E-state index is 0.0853. The van der Waals surface area contributed by atoms with Crippen molar-refractivity contribution in [1.82, 2.24) is 15.1 Å². The maximum atomic E-state index is 12.5. The summed E-state index contributed by atoms with van der Waals surface area (Å²) >= 11 is 6.07. The van der Waals surface area contributed by atoms with Gasteiger partial charge in [0.05, 0.1) is 24.4 Å². The molecule has 0 radical (unpaired) electrons. The van der Waals surface area contributed by atoms with Gasteiger partial charge in [-0.1, -0.05) is 29.8 Å². The highest BCUT2D eigenvalue weighted by Gasteiger charge is 2.17. The molecular formula is C20H20ClN3O2. The molecule has 26 heavy (non-hydrogen) atoms. The second-order valence-corrected chi connectivity index (χ2v) is 6.99. The van der Waals surface area contributed by atoms with Crippen LogP contribution in [0.15, 0.2) is 48.7 Å². The number of ether oxygens (including phenoxy) is 1. The lowest BCUT2D eigenvalue weighted by Crippen LogP contribution is -2.31. The van der Waals surface area contributed by atoms with E-state index in [2.05, 4.69) is 10.4 Å². The van der Waals surface area contributed by atoms with Crippen molar-refractivity contribution in [2.24, 2.45) is 0 Å². The first kappa shape index (κ1) is 17.1. The Kier molecular flexibility index (Phi) is 4.91. The number of carbonyl (C=O) groups is 1. The molecule has 4 rings (SSSR count). The average molecular weight is 370 g/mol. The summed E-state index contributed by atoms with van der Waals surface area (Å²) in [4.78, 5) is 12.5. The summed E-state index contributed by atoms with van der Waals surface area (Å²) in [5, 5.41) is 9.12. The number of hydrogen-bond acceptors (Lipinski definition) is 3. The van der Waals surface area contributed by atoms with Gasteiger partial charge in [-0.25, -0.2) is 0 Å². The Morgan fingerprint density at radius 3 is 3.04 bits per heavy atom. The summed E-state index contributed by atoms with van der Waals surface area (Å²) in [5.41, 5.74) is 2.62. The third-order valence-corrected chi connectivity index (χ3v) is 4.88. The quantitative estimate of drug-likeness (QED) is 0.746. The molecule has 2 aromatic carbocycles. The summed E-state index contributed by atoms with van der Waals surface area (Å²) in [6, 6.07) is 13.4. The topological polar surface area (TPSA) is 56.1 Å². The van der Waals surface area contributed by atoms with Gasteiger partial charge < -0.3 is 10.1 Å². The number of aromatic nitrogens is 2. The van der Waals surface area contributed by atoms with Crippen LogP contribution in [0.3, 0.4) is 0 Å². The summed E-state index contributed by atoms with van der Waals surface area (Å²) < 4.78 is 7.44. The minimum Gasteiger partial charge on any atom is -0.376 e. The van der Waals surface area contributed by atoms with E-state index in [0.717, 1.165) is 35.9 Å². The second-order valence-electron chi connectivity index (χ2n) is 6.55. The van der Waals surface area contributed by atoms with Crippen molar-refractivity contribution in [3.8, 4) is 0 Å². The van der Waals surface area contributed by atoms with Gasteiger partial charge in [-0.2, -0.15) is 5.10 Å². The number of carbonyl (C=O) groups excluding carboxylic acids is 1. The number of nitrogens with one attached hydrogen (secondary N) is 1. The highest BCUT2D eigenvalue weighted by molar-refractivity contribution is 6.30. The lowest BCUT2D eigenvalue weighted by Gasteiger charge is -2.11. The van der Waals surface area contributed by atoms with E-state index in [4.69, 9.17) is 16.3 Å². The van der Waals surface area contributed by atoms with E-state index in [1.807, 2.05) is 53.3 Å². The normalized spacial score (nSPS) is 16.9. The van der Waals surface area contributed by atoms with Crippen molar-refractivity contribution in [2.45, 2.75) is 25.5 Å². The van der Waals surface area contributed by atoms with Gasteiger partial charge in [-0.05, 0) is 42.7 Å². The van der Waals surface area contributed by atoms with Gasteiger partial charge in [0, 0.05) is 29.1 Å². The van der Waals surface area contributed by atoms with Crippen LogP contribution in [0.5, 0.6) is 0 Å². The van der Waals surface area contributed by atoms with Gasteiger partial charge in [0.25, 0.3) is 5.91 Å². The Bertz CT molecular complexity index is 932. The molecular weight excluding hydrogens is 350 g/mol. The fourth-order valence-corrected chi connectivity index (χ4v) is 3.47. The molecule has 0 saturated carbocycles. The van der Waals surface area contributed by atoms with Crippen molar-refractivity contribution in [1.29, 1.82) is 0 Å². The smallest absolute Gasteiger partial charge is 0.251 e. The highest BCUT2D eigenvalue weighted by Crippen LogP contribution is 2.19. The molecule has 1 aliphatic rings. The van der Waals surface area contributed by atoms with Gasteiger partial charge in [0.2, 0.25) is 0 Å². The predicted octanol–water partition coefficient (Wildman–Crippen LogP) is 3.65. The van der Waals surface area contributed by atoms with Crippen LogP contribution in [-0.2, 0) is 11.3 Å². The van der Waals surface area contributed by atoms with Crippen molar-refractivity contribution in [2.75, 3.05) is 13.2 Å². The van der Waals surface area contributed by atoms with Crippen molar-refractivity contribution in [3.63, 3.8) is 0 Å². The largest absolute Gasteiger partial charge is 0.376 e. The van der Waals surface area contributed by atoms with E-state index in [1.54, 1.807) is 0 Å². The Hall–Kier alpha value is -2.37. The van der Waals surface area contributed by atoms with E-state index in [9.17, 15) is 4.79 Å². The molecule has 1 atom stereocenters. The zero-order chi connectivity index (χ0) is 17.9. The first-order valence-electron chi connectivity index (χ1n) is 8.79. The first-order chi connectivity index (χ1) is 12.7. The second kappa shape index (κ2) is 7.48. The van der Waals surface area contributed by atoms with E-state index in [1.165, 1.54) is 0 Å². The molecule has 1 N–H and O–H groups in total. The van der Waals surface area contributed by atoms with Gasteiger partial charge >= 0.3 is 0 Å². The molecule has 2 heterocycles. The van der Waals surface area contributed by atoms with Gasteiger partial charge in [-0.3, -0.25) is 9.48 Å². The fourth-order valence-electron chi connectivity index (χ4n) is 3.26. The number of fused-ring (bicyclic) bond motifs is 1. The molecule has 6 heteroatoms. The molecule has 1 fully saturated rings. The maximum absolute atomic E-state index is 12.5. The molecule has 0 bridgehead atoms. The Balaban J connectivity index is 1.53. The van der Waals surface area contributed by atoms with Crippen molar-refractivity contribution in [3.05, 3.63) is 64.8 Å². The number of nitrogens with zero attached hydrogens (tertiary/aromatic N) is 2. The summed E-state index contributed by atoms with van der Waals surface area (Å²) in [7, 11) is 0. The molecule has 1 aromatic heterocycles. The fraction of sp³-hybridized carbons (Fsp3) is 0.300. The van der Waals surface area contributed by atoms with Crippen LogP contribution in [0, 0.1) is 0 Å². The van der Waals surface area contributed by atoms with Crippen molar-refractivity contribution >= 4 is 28.4 Å². The molecule has 1 unspecified atom stereocenters. The number of rotatable bonds is 5. The van der Waals surface area contributed by atoms with E-state index in [0.29, 0.717) is 23.7 Å². The lowest BCUT2D eigenvalue weighted by molar-refractivity contribution is 0.0858. The number of amides is 1. The summed E-state index contributed by atoms with van der Waals surface area (Å²) in [6.45, 7) is 1.94. The molecule has 0 spiro atoms. The summed E-state index contributed by atoms with van der Waals surface area (Å²) in [5.74, 6) is -0.0853. The molecule has 3 aromatic rings. The van der Waals surface area contributed by atoms with Gasteiger partial charge in [0.1, 0.15) is 0 Å². The minimum atomic E-state index is -0.0853. The zero-order valence-corrected chi connectivity index (χ0v) is 15.1. The molecule has 5 nitrogen and oxygen atoms in total. The zero-order valence-electron chi connectivity index (χ0n) is 14.3. The van der Waals surface area contributed by atoms with Crippen LogP contribution in [0.4, 0.5) is 0 Å². The monoisotopic (exact) mass is 369 g/mol. The highest BCUT2D eigenvalue weighted by atomic mass is 35.5. The average Bonchev–Trinajstić information content (AvgIpc) is 3.29. The Labute approximate surface area is 156 Å². The maximum Gasteiger partial charge on any atom is 0.251 e. The molecule has 0 aliphatic carbocycles. The standard InChI is InChI=1S/C20H20ClN3O2/c21-17-4-1-3-14(9-17)13-24-19-10-15(6-7-16(19)11-23-24)20(25)22-12-18-5-2-8-26-18/h1,3-4,6-7,9-11,18H,2,5,8,12-13H2,(H,22,25). The van der Waals surface area contributed by atoms with Crippen LogP contribution in [0.25, 0.3) is 10.9 Å². The van der Waals surface area contributed by atoms with E-state index < -0.39 is 0 Å². The van der Waals surface area contributed by atoms with Gasteiger partial charge in [-0.15, -0.1) is 0 Å². The Morgan fingerprint density at radius 1 is 1.31 bits per heavy atom. The Morgan fingerprint density at radius 2 is 2.23 bits per heavy atom. The van der Waals surface area contributed by atoms with Crippen LogP contribution < -0.4 is 5.32 Å². The predicted molar refractivity (Wildman–Crippen MR) is 102 cm³/mol. The van der Waals surface area contributed by atoms with Crippen LogP contribution in [0.2, 0.25) is 5.02 Å². The SMILES string of the molecule is O=C(NCC1CCCO1)c1ccc2cnn(Cc3cccc(Cl)c3)c2c1. The number of hydrogen-bond donors (Lipinski definition) is 1. The third-order valence-electron chi connectivity index (χ3n) is 4.64. The molecule has 1 amide bonds. The first-order valence-corrected chi connectivity index (χ1v) is 9.17. The van der Waals surface area contributed by atoms with Gasteiger partial charge in [0.15, 0.2) is 0 Å². The van der Waals surface area contributed by atoms with Crippen molar-refractivity contribution < 1.29 is 9.53 Å². The lowest BCUT2D eigenvalue weighted by atomic mass is 10.1.